The van der Waals surface area contributed by atoms with Crippen molar-refractivity contribution in [1.82, 2.24) is 0 Å². The Labute approximate surface area is 75.7 Å². The highest BCUT2D eigenvalue weighted by Crippen LogP contribution is 2.06. The van der Waals surface area contributed by atoms with Gasteiger partial charge in [-0.25, -0.2) is 0 Å². The van der Waals surface area contributed by atoms with Gasteiger partial charge in [-0.3, -0.25) is 0 Å². The lowest BCUT2D eigenvalue weighted by molar-refractivity contribution is 0.686. The molecule has 0 heteroatoms. The number of hydrogen-bond acceptors (Lipinski definition) is 0. The second-order valence-corrected chi connectivity index (χ2v) is 3.07. The summed E-state index contributed by atoms with van der Waals surface area (Å²) in [5, 5.41) is 0. The summed E-state index contributed by atoms with van der Waals surface area (Å²) in [7, 11) is 0. The van der Waals surface area contributed by atoms with Crippen molar-refractivity contribution in [3.63, 3.8) is 0 Å². The molecule has 0 aromatic carbocycles. The molecule has 0 nitrogen and oxygen atoms in total. The fourth-order valence-corrected chi connectivity index (χ4v) is 1.24. The minimum absolute atomic E-state index is 1.23. The molecular formula is C12H17. The van der Waals surface area contributed by atoms with Gasteiger partial charge in [-0.1, -0.05) is 49.3 Å². The van der Waals surface area contributed by atoms with E-state index in [9.17, 15) is 0 Å². The van der Waals surface area contributed by atoms with Crippen molar-refractivity contribution in [2.24, 2.45) is 0 Å². The van der Waals surface area contributed by atoms with Crippen LogP contribution in [0, 0.1) is 6.42 Å². The van der Waals surface area contributed by atoms with Crippen LogP contribution in [0.3, 0.4) is 0 Å². The van der Waals surface area contributed by atoms with Crippen molar-refractivity contribution in [2.45, 2.75) is 32.1 Å². The van der Waals surface area contributed by atoms with E-state index in [1.165, 1.54) is 32.1 Å². The molecule has 0 aliphatic heterocycles. The van der Waals surface area contributed by atoms with E-state index in [0.717, 1.165) is 0 Å². The van der Waals surface area contributed by atoms with Gasteiger partial charge in [0.05, 0.1) is 0 Å². The van der Waals surface area contributed by atoms with Crippen LogP contribution < -0.4 is 0 Å². The van der Waals surface area contributed by atoms with Gasteiger partial charge in [-0.05, 0) is 25.7 Å². The van der Waals surface area contributed by atoms with Gasteiger partial charge in [0, 0.05) is 0 Å². The van der Waals surface area contributed by atoms with E-state index in [0.29, 0.717) is 0 Å². The van der Waals surface area contributed by atoms with Crippen LogP contribution in [0.2, 0.25) is 0 Å². The zero-order valence-corrected chi connectivity index (χ0v) is 7.58. The predicted molar refractivity (Wildman–Crippen MR) is 54.8 cm³/mol. The van der Waals surface area contributed by atoms with Crippen molar-refractivity contribution in [3.05, 3.63) is 42.9 Å². The van der Waals surface area contributed by atoms with E-state index in [-0.39, 0.29) is 0 Å². The molecule has 0 amide bonds. The van der Waals surface area contributed by atoms with Gasteiger partial charge in [-0.15, -0.1) is 0 Å². The normalized spacial score (nSPS) is 20.0. The lowest BCUT2D eigenvalue weighted by Crippen LogP contribution is -1.77. The predicted octanol–water partition coefficient (Wildman–Crippen LogP) is 3.82. The molecule has 0 aromatic heterocycles. The summed E-state index contributed by atoms with van der Waals surface area (Å²) in [6.45, 7) is 0. The molecule has 0 spiro atoms. The van der Waals surface area contributed by atoms with Gasteiger partial charge in [0.2, 0.25) is 0 Å². The van der Waals surface area contributed by atoms with E-state index in [2.05, 4.69) is 42.9 Å². The quantitative estimate of drug-likeness (QED) is 0.506. The van der Waals surface area contributed by atoms with E-state index < -0.39 is 0 Å². The van der Waals surface area contributed by atoms with Gasteiger partial charge in [-0.2, -0.15) is 0 Å². The smallest absolute Gasteiger partial charge is 0.0167 e. The highest BCUT2D eigenvalue weighted by molar-refractivity contribution is 5.13. The number of rotatable bonds is 0. The molecule has 12 heavy (non-hydrogen) atoms. The first kappa shape index (κ1) is 9.31. The van der Waals surface area contributed by atoms with Gasteiger partial charge < -0.3 is 0 Å². The molecule has 0 aromatic rings. The Kier molecular flexibility index (Phi) is 5.35. The summed E-state index contributed by atoms with van der Waals surface area (Å²) in [6, 6.07) is 0. The van der Waals surface area contributed by atoms with Crippen molar-refractivity contribution in [1.29, 1.82) is 0 Å². The third-order valence-electron chi connectivity index (χ3n) is 1.96. The topological polar surface area (TPSA) is 0 Å². The van der Waals surface area contributed by atoms with Crippen LogP contribution in [0.15, 0.2) is 36.5 Å². The first-order chi connectivity index (χ1) is 6.00. The molecule has 0 saturated heterocycles. The summed E-state index contributed by atoms with van der Waals surface area (Å²) in [5.41, 5.74) is 0. The van der Waals surface area contributed by atoms with Crippen molar-refractivity contribution in [2.75, 3.05) is 0 Å². The molecule has 1 radical (unpaired) electrons. The highest BCUT2D eigenvalue weighted by atomic mass is 13.9. The Hall–Kier alpha value is -0.780. The summed E-state index contributed by atoms with van der Waals surface area (Å²) < 4.78 is 0. The Morgan fingerprint density at radius 3 is 2.33 bits per heavy atom. The van der Waals surface area contributed by atoms with Crippen LogP contribution in [-0.4, -0.2) is 0 Å². The fourth-order valence-electron chi connectivity index (χ4n) is 1.24. The zero-order chi connectivity index (χ0) is 8.49. The van der Waals surface area contributed by atoms with E-state index in [4.69, 9.17) is 0 Å². The molecule has 1 rings (SSSR count). The Balaban J connectivity index is 2.32. The van der Waals surface area contributed by atoms with Crippen LogP contribution >= 0.6 is 0 Å². The summed E-state index contributed by atoms with van der Waals surface area (Å²) in [5.74, 6) is 0. The molecule has 0 heterocycles. The van der Waals surface area contributed by atoms with Gasteiger partial charge in [0.1, 0.15) is 0 Å². The SMILES string of the molecule is [CH]1C=CC=CC=CCCCCC1. The molecule has 0 N–H and O–H groups in total. The van der Waals surface area contributed by atoms with Crippen LogP contribution in [0.5, 0.6) is 0 Å². The van der Waals surface area contributed by atoms with E-state index >= 15 is 0 Å². The monoisotopic (exact) mass is 161 g/mol. The standard InChI is InChI=1S/C12H17/c1-2-4-6-8-10-12-11-9-7-5-3-1/h1-7H,8-12H2. The number of allylic oxidation sites excluding steroid dienone is 6. The average molecular weight is 161 g/mol. The van der Waals surface area contributed by atoms with Gasteiger partial charge in [0.15, 0.2) is 0 Å². The maximum absolute atomic E-state index is 2.25. The lowest BCUT2D eigenvalue weighted by atomic mass is 10.1. The first-order valence-corrected chi connectivity index (χ1v) is 4.82. The minimum Gasteiger partial charge on any atom is -0.0845 e. The molecular weight excluding hydrogens is 144 g/mol. The Morgan fingerprint density at radius 1 is 0.583 bits per heavy atom. The maximum atomic E-state index is 2.25. The summed E-state index contributed by atoms with van der Waals surface area (Å²) in [4.78, 5) is 0. The first-order valence-electron chi connectivity index (χ1n) is 4.82. The third-order valence-corrected chi connectivity index (χ3v) is 1.96. The minimum atomic E-state index is 1.23. The maximum Gasteiger partial charge on any atom is -0.0167 e. The zero-order valence-electron chi connectivity index (χ0n) is 7.58. The molecule has 0 bridgehead atoms. The Bertz CT molecular complexity index is 152. The summed E-state index contributed by atoms with van der Waals surface area (Å²) in [6.07, 6.45) is 21.5. The summed E-state index contributed by atoms with van der Waals surface area (Å²) >= 11 is 0. The van der Waals surface area contributed by atoms with Crippen LogP contribution in [-0.2, 0) is 0 Å². The van der Waals surface area contributed by atoms with Gasteiger partial charge in [0.25, 0.3) is 0 Å². The molecule has 65 valence electrons. The van der Waals surface area contributed by atoms with E-state index in [1.807, 2.05) is 0 Å². The van der Waals surface area contributed by atoms with Crippen molar-refractivity contribution in [3.8, 4) is 0 Å². The van der Waals surface area contributed by atoms with Crippen molar-refractivity contribution >= 4 is 0 Å². The second kappa shape index (κ2) is 6.90. The highest BCUT2D eigenvalue weighted by Gasteiger charge is 1.87. The lowest BCUT2D eigenvalue weighted by Gasteiger charge is -1.96. The number of hydrogen-bond donors (Lipinski definition) is 0. The fraction of sp³-hybridized carbons (Fsp3) is 0.417. The average Bonchev–Trinajstić information content (AvgIpc) is 2.05. The van der Waals surface area contributed by atoms with E-state index in [1.54, 1.807) is 0 Å². The molecule has 0 saturated carbocycles. The van der Waals surface area contributed by atoms with Crippen LogP contribution in [0.25, 0.3) is 0 Å². The van der Waals surface area contributed by atoms with Crippen LogP contribution in [0.4, 0.5) is 0 Å². The molecule has 0 unspecified atom stereocenters. The molecule has 0 fully saturated rings. The molecule has 0 atom stereocenters. The molecule has 1 aliphatic carbocycles. The Morgan fingerprint density at radius 2 is 1.33 bits per heavy atom. The van der Waals surface area contributed by atoms with Crippen molar-refractivity contribution < 1.29 is 0 Å². The van der Waals surface area contributed by atoms with Gasteiger partial charge >= 0.3 is 0 Å². The third kappa shape index (κ3) is 4.95. The largest absolute Gasteiger partial charge is 0.0845 e. The van der Waals surface area contributed by atoms with Crippen LogP contribution in [0.1, 0.15) is 32.1 Å². The second-order valence-electron chi connectivity index (χ2n) is 3.07. The molecule has 1 aliphatic rings.